The van der Waals surface area contributed by atoms with Crippen molar-refractivity contribution in [2.75, 3.05) is 14.1 Å². The molecule has 0 radical (unpaired) electrons. The van der Waals surface area contributed by atoms with Crippen molar-refractivity contribution in [3.8, 4) is 5.75 Å². The first kappa shape index (κ1) is 17.2. The zero-order chi connectivity index (χ0) is 17.4. The van der Waals surface area contributed by atoms with Gasteiger partial charge in [0.15, 0.2) is 0 Å². The summed E-state index contributed by atoms with van der Waals surface area (Å²) >= 11 is 0. The molecule has 1 unspecified atom stereocenters. The van der Waals surface area contributed by atoms with E-state index in [9.17, 15) is 18.3 Å². The van der Waals surface area contributed by atoms with E-state index >= 15 is 0 Å². The van der Waals surface area contributed by atoms with Crippen LogP contribution in [-0.4, -0.2) is 48.0 Å². The van der Waals surface area contributed by atoms with Crippen LogP contribution in [0.2, 0.25) is 0 Å². The largest absolute Gasteiger partial charge is 0.506 e. The highest BCUT2D eigenvalue weighted by atomic mass is 32.2. The lowest BCUT2D eigenvalue weighted by atomic mass is 10.0. The van der Waals surface area contributed by atoms with Crippen molar-refractivity contribution < 1.29 is 23.4 Å². The third-order valence-corrected chi connectivity index (χ3v) is 5.42. The van der Waals surface area contributed by atoms with E-state index in [0.717, 1.165) is 4.31 Å². The minimum atomic E-state index is -3.68. The molecule has 0 bridgehead atoms. The van der Waals surface area contributed by atoms with Gasteiger partial charge >= 0.3 is 5.97 Å². The SMILES string of the molecule is CC(Cc1ccc2c(S(=O)(=O)N(C)C)ccc(O)c2n1)C(=O)O. The Hall–Kier alpha value is -2.19. The molecule has 1 heterocycles. The summed E-state index contributed by atoms with van der Waals surface area (Å²) in [4.78, 5) is 15.2. The highest BCUT2D eigenvalue weighted by molar-refractivity contribution is 7.89. The fraction of sp³-hybridized carbons (Fsp3) is 0.333. The first-order valence-corrected chi connectivity index (χ1v) is 8.35. The summed E-state index contributed by atoms with van der Waals surface area (Å²) in [6.07, 6.45) is 0.190. The van der Waals surface area contributed by atoms with E-state index in [1.165, 1.54) is 26.2 Å². The monoisotopic (exact) mass is 338 g/mol. The van der Waals surface area contributed by atoms with Gasteiger partial charge in [-0.05, 0) is 24.3 Å². The summed E-state index contributed by atoms with van der Waals surface area (Å²) in [5.41, 5.74) is 0.616. The Morgan fingerprint density at radius 1 is 1.26 bits per heavy atom. The number of pyridine rings is 1. The number of carboxylic acids is 1. The van der Waals surface area contributed by atoms with Gasteiger partial charge in [0.1, 0.15) is 11.3 Å². The van der Waals surface area contributed by atoms with Gasteiger partial charge in [-0.1, -0.05) is 6.92 Å². The maximum Gasteiger partial charge on any atom is 0.306 e. The quantitative estimate of drug-likeness (QED) is 0.854. The van der Waals surface area contributed by atoms with Crippen LogP contribution in [0, 0.1) is 5.92 Å². The number of hydrogen-bond acceptors (Lipinski definition) is 5. The van der Waals surface area contributed by atoms with Gasteiger partial charge in [0.25, 0.3) is 0 Å². The molecule has 2 aromatic rings. The number of benzene rings is 1. The minimum Gasteiger partial charge on any atom is -0.506 e. The molecular weight excluding hydrogens is 320 g/mol. The predicted molar refractivity (Wildman–Crippen MR) is 84.8 cm³/mol. The molecule has 2 N–H and O–H groups in total. The number of phenolic OH excluding ortho intramolecular Hbond substituents is 1. The van der Waals surface area contributed by atoms with Crippen LogP contribution in [0.25, 0.3) is 10.9 Å². The van der Waals surface area contributed by atoms with Crippen molar-refractivity contribution in [1.82, 2.24) is 9.29 Å². The minimum absolute atomic E-state index is 0.0423. The summed E-state index contributed by atoms with van der Waals surface area (Å²) in [6, 6.07) is 5.72. The lowest BCUT2D eigenvalue weighted by Crippen LogP contribution is -2.22. The molecule has 0 aliphatic heterocycles. The Labute approximate surface area is 134 Å². The van der Waals surface area contributed by atoms with Gasteiger partial charge in [0, 0.05) is 31.6 Å². The number of sulfonamides is 1. The summed E-state index contributed by atoms with van der Waals surface area (Å²) in [7, 11) is -0.840. The van der Waals surface area contributed by atoms with E-state index in [4.69, 9.17) is 5.11 Å². The normalized spacial score (nSPS) is 13.4. The van der Waals surface area contributed by atoms with Crippen LogP contribution in [0.1, 0.15) is 12.6 Å². The molecule has 0 saturated carbocycles. The molecule has 1 aromatic heterocycles. The molecule has 0 amide bonds. The lowest BCUT2D eigenvalue weighted by Gasteiger charge is -2.14. The van der Waals surface area contributed by atoms with E-state index in [0.29, 0.717) is 11.1 Å². The van der Waals surface area contributed by atoms with Gasteiger partial charge in [-0.2, -0.15) is 0 Å². The van der Waals surface area contributed by atoms with Crippen molar-refractivity contribution >= 4 is 26.9 Å². The van der Waals surface area contributed by atoms with Gasteiger partial charge in [-0.25, -0.2) is 17.7 Å². The Morgan fingerprint density at radius 2 is 1.91 bits per heavy atom. The third-order valence-electron chi connectivity index (χ3n) is 3.55. The summed E-state index contributed by atoms with van der Waals surface area (Å²) in [5, 5.41) is 19.2. The molecule has 1 atom stereocenters. The lowest BCUT2D eigenvalue weighted by molar-refractivity contribution is -0.141. The molecule has 7 nitrogen and oxygen atoms in total. The first-order chi connectivity index (χ1) is 10.6. The molecule has 8 heteroatoms. The maximum absolute atomic E-state index is 12.3. The van der Waals surface area contributed by atoms with Crippen LogP contribution in [0.5, 0.6) is 5.75 Å². The molecule has 0 spiro atoms. The van der Waals surface area contributed by atoms with E-state index in [-0.39, 0.29) is 22.6 Å². The van der Waals surface area contributed by atoms with Crippen molar-refractivity contribution in [1.29, 1.82) is 0 Å². The van der Waals surface area contributed by atoms with Crippen molar-refractivity contribution in [2.45, 2.75) is 18.2 Å². The Kier molecular flexibility index (Phi) is 4.58. The van der Waals surface area contributed by atoms with Crippen LogP contribution in [0.15, 0.2) is 29.2 Å². The molecule has 23 heavy (non-hydrogen) atoms. The maximum atomic E-state index is 12.3. The second kappa shape index (κ2) is 6.13. The zero-order valence-electron chi connectivity index (χ0n) is 13.0. The predicted octanol–water partition coefficient (Wildman–Crippen LogP) is 1.45. The van der Waals surface area contributed by atoms with Gasteiger partial charge in [0.05, 0.1) is 10.8 Å². The second-order valence-electron chi connectivity index (χ2n) is 5.51. The number of carbonyl (C=O) groups is 1. The topological polar surface area (TPSA) is 108 Å². The van der Waals surface area contributed by atoms with E-state index in [1.807, 2.05) is 0 Å². The number of phenols is 1. The average Bonchev–Trinajstić information content (AvgIpc) is 2.47. The number of carboxylic acid groups (broad SMARTS) is 1. The second-order valence-corrected chi connectivity index (χ2v) is 7.63. The Balaban J connectivity index is 2.61. The Morgan fingerprint density at radius 3 is 2.48 bits per heavy atom. The number of nitrogens with zero attached hydrogens (tertiary/aromatic N) is 2. The van der Waals surface area contributed by atoms with Crippen LogP contribution in [0.3, 0.4) is 0 Å². The number of aliphatic carboxylic acids is 1. The van der Waals surface area contributed by atoms with E-state index in [2.05, 4.69) is 4.98 Å². The van der Waals surface area contributed by atoms with Crippen LogP contribution < -0.4 is 0 Å². The molecule has 1 aromatic carbocycles. The first-order valence-electron chi connectivity index (χ1n) is 6.91. The fourth-order valence-corrected chi connectivity index (χ4v) is 3.23. The average molecular weight is 338 g/mol. The number of fused-ring (bicyclic) bond motifs is 1. The molecule has 0 aliphatic rings. The van der Waals surface area contributed by atoms with Gasteiger partial charge in [-0.15, -0.1) is 0 Å². The molecule has 0 aliphatic carbocycles. The smallest absolute Gasteiger partial charge is 0.306 e. The van der Waals surface area contributed by atoms with Crippen LogP contribution >= 0.6 is 0 Å². The number of aromatic nitrogens is 1. The summed E-state index contributed by atoms with van der Waals surface area (Å²) in [5.74, 6) is -1.72. The van der Waals surface area contributed by atoms with Gasteiger partial charge in [-0.3, -0.25) is 4.79 Å². The number of rotatable bonds is 5. The van der Waals surface area contributed by atoms with E-state index < -0.39 is 21.9 Å². The molecular formula is C15H18N2O5S. The van der Waals surface area contributed by atoms with Crippen molar-refractivity contribution in [3.05, 3.63) is 30.0 Å². The summed E-state index contributed by atoms with van der Waals surface area (Å²) in [6.45, 7) is 1.56. The highest BCUT2D eigenvalue weighted by Gasteiger charge is 2.22. The molecule has 2 rings (SSSR count). The third kappa shape index (κ3) is 3.27. The van der Waals surface area contributed by atoms with Crippen molar-refractivity contribution in [2.24, 2.45) is 5.92 Å². The van der Waals surface area contributed by atoms with Crippen LogP contribution in [-0.2, 0) is 21.2 Å². The zero-order valence-corrected chi connectivity index (χ0v) is 13.8. The Bertz CT molecular complexity index is 862. The van der Waals surface area contributed by atoms with E-state index in [1.54, 1.807) is 19.1 Å². The molecule has 0 fully saturated rings. The summed E-state index contributed by atoms with van der Waals surface area (Å²) < 4.78 is 25.8. The highest BCUT2D eigenvalue weighted by Crippen LogP contribution is 2.30. The fourth-order valence-electron chi connectivity index (χ4n) is 2.15. The molecule has 0 saturated heterocycles. The van der Waals surface area contributed by atoms with Gasteiger partial charge < -0.3 is 10.2 Å². The standard InChI is InChI=1S/C15H18N2O5S/c1-9(15(19)20)8-10-4-5-11-13(23(21,22)17(2)3)7-6-12(18)14(11)16-10/h4-7,9,18H,8H2,1-3H3,(H,19,20). The number of hydrogen-bond donors (Lipinski definition) is 2. The van der Waals surface area contributed by atoms with Gasteiger partial charge in [0.2, 0.25) is 10.0 Å². The van der Waals surface area contributed by atoms with Crippen molar-refractivity contribution in [3.63, 3.8) is 0 Å². The number of aromatic hydroxyl groups is 1. The van der Waals surface area contributed by atoms with Crippen LogP contribution in [0.4, 0.5) is 0 Å². The molecule has 124 valence electrons.